The van der Waals surface area contributed by atoms with Crippen LogP contribution in [-0.4, -0.2) is 71.0 Å². The van der Waals surface area contributed by atoms with E-state index >= 15 is 0 Å². The molecule has 0 spiro atoms. The van der Waals surface area contributed by atoms with Crippen LogP contribution in [0.2, 0.25) is 0 Å². The van der Waals surface area contributed by atoms with E-state index in [0.29, 0.717) is 19.0 Å². The van der Waals surface area contributed by atoms with Gasteiger partial charge >= 0.3 is 0 Å². The number of nitrogens with one attached hydrogen (secondary N) is 1. The first-order chi connectivity index (χ1) is 12.5. The molecule has 8 nitrogen and oxygen atoms in total. The lowest BCUT2D eigenvalue weighted by atomic mass is 9.98. The van der Waals surface area contributed by atoms with Gasteiger partial charge in [-0.15, -0.1) is 0 Å². The Morgan fingerprint density at radius 3 is 2.58 bits per heavy atom. The van der Waals surface area contributed by atoms with Gasteiger partial charge in [0.25, 0.3) is 5.91 Å². The highest BCUT2D eigenvalue weighted by atomic mass is 16.5. The summed E-state index contributed by atoms with van der Waals surface area (Å²) in [6.07, 6.45) is -0.504. The van der Waals surface area contributed by atoms with E-state index in [1.165, 1.54) is 12.3 Å². The number of aliphatic hydroxyl groups is 2. The van der Waals surface area contributed by atoms with Gasteiger partial charge in [-0.2, -0.15) is 0 Å². The smallest absolute Gasteiger partial charge is 0.287 e. The number of aliphatic hydroxyl groups excluding tert-OH is 2. The number of nitrogens with zero attached hydrogens (tertiary/aromatic N) is 1. The minimum atomic E-state index is -1.16. The van der Waals surface area contributed by atoms with Gasteiger partial charge < -0.3 is 29.6 Å². The summed E-state index contributed by atoms with van der Waals surface area (Å²) in [6.45, 7) is 3.62. The van der Waals surface area contributed by atoms with Crippen LogP contribution in [0.1, 0.15) is 36.7 Å². The normalized spacial score (nSPS) is 29.7. The van der Waals surface area contributed by atoms with Crippen molar-refractivity contribution in [1.82, 2.24) is 10.2 Å². The van der Waals surface area contributed by atoms with Crippen LogP contribution in [0.15, 0.2) is 22.8 Å². The number of furan rings is 1. The Morgan fingerprint density at radius 1 is 1.23 bits per heavy atom. The number of piperidine rings is 1. The van der Waals surface area contributed by atoms with Gasteiger partial charge in [0, 0.05) is 19.6 Å². The monoisotopic (exact) mass is 366 g/mol. The van der Waals surface area contributed by atoms with Crippen LogP contribution in [-0.2, 0) is 9.53 Å². The molecule has 0 aliphatic carbocycles. The van der Waals surface area contributed by atoms with Gasteiger partial charge in [-0.25, -0.2) is 0 Å². The fraction of sp³-hybridized carbons (Fsp3) is 0.667. The average molecular weight is 366 g/mol. The van der Waals surface area contributed by atoms with Gasteiger partial charge in [0.15, 0.2) is 5.76 Å². The van der Waals surface area contributed by atoms with E-state index in [0.717, 1.165) is 12.8 Å². The first kappa shape index (κ1) is 18.9. The molecule has 2 fully saturated rings. The van der Waals surface area contributed by atoms with Gasteiger partial charge in [0.05, 0.1) is 18.8 Å². The Kier molecular flexibility index (Phi) is 5.95. The number of ether oxygens (including phenoxy) is 1. The topological polar surface area (TPSA) is 112 Å². The summed E-state index contributed by atoms with van der Waals surface area (Å²) >= 11 is 0. The van der Waals surface area contributed by atoms with Crippen LogP contribution in [0.3, 0.4) is 0 Å². The lowest BCUT2D eigenvalue weighted by Gasteiger charge is -2.31. The van der Waals surface area contributed by atoms with Crippen molar-refractivity contribution in [1.29, 1.82) is 0 Å². The molecule has 0 saturated carbocycles. The molecule has 3 N–H and O–H groups in total. The Morgan fingerprint density at radius 2 is 1.92 bits per heavy atom. The highest BCUT2D eigenvalue weighted by Gasteiger charge is 2.44. The van der Waals surface area contributed by atoms with E-state index in [4.69, 9.17) is 9.15 Å². The van der Waals surface area contributed by atoms with E-state index in [1.54, 1.807) is 11.0 Å². The first-order valence-corrected chi connectivity index (χ1v) is 9.06. The highest BCUT2D eigenvalue weighted by molar-refractivity contribution is 5.91. The third kappa shape index (κ3) is 4.25. The standard InChI is InChI=1S/C18H26N2O6/c1-11-4-6-20(7-5-11)15(21)9-13-16(22)17(23)14(26-13)10-19-18(24)12-3-2-8-25-12/h2-3,8,11,13-14,16-17,22-23H,4-7,9-10H2,1H3,(H,19,24)/t13-,14+,16-,17+/m0/s1. The third-order valence-electron chi connectivity index (χ3n) is 5.18. The van der Waals surface area contributed by atoms with Crippen molar-refractivity contribution in [2.24, 2.45) is 5.92 Å². The maximum absolute atomic E-state index is 12.4. The SMILES string of the molecule is CC1CCN(C(=O)C[C@@H]2O[C@H](CNC(=O)c3ccco3)[C@@H](O)[C@H]2O)CC1. The molecule has 2 saturated heterocycles. The van der Waals surface area contributed by atoms with Crippen LogP contribution < -0.4 is 5.32 Å². The molecular weight excluding hydrogens is 340 g/mol. The van der Waals surface area contributed by atoms with Crippen LogP contribution >= 0.6 is 0 Å². The molecule has 0 bridgehead atoms. The molecule has 2 amide bonds. The Bertz CT molecular complexity index is 611. The third-order valence-corrected chi connectivity index (χ3v) is 5.18. The lowest BCUT2D eigenvalue weighted by molar-refractivity contribution is -0.136. The van der Waals surface area contributed by atoms with Gasteiger partial charge in [-0.1, -0.05) is 6.92 Å². The Hall–Kier alpha value is -1.90. The van der Waals surface area contributed by atoms with E-state index < -0.39 is 30.3 Å². The number of rotatable bonds is 5. The van der Waals surface area contributed by atoms with Crippen molar-refractivity contribution < 1.29 is 29.0 Å². The van der Waals surface area contributed by atoms with E-state index in [-0.39, 0.29) is 24.6 Å². The second kappa shape index (κ2) is 8.20. The van der Waals surface area contributed by atoms with Crippen molar-refractivity contribution in [3.05, 3.63) is 24.2 Å². The first-order valence-electron chi connectivity index (χ1n) is 9.06. The van der Waals surface area contributed by atoms with Gasteiger partial charge in [0.2, 0.25) is 5.91 Å². The molecule has 1 aromatic heterocycles. The second-order valence-corrected chi connectivity index (χ2v) is 7.15. The molecule has 2 aliphatic heterocycles. The number of amides is 2. The Balaban J connectivity index is 1.49. The maximum atomic E-state index is 12.4. The average Bonchev–Trinajstić information content (AvgIpc) is 3.25. The molecule has 3 heterocycles. The van der Waals surface area contributed by atoms with Crippen LogP contribution in [0.5, 0.6) is 0 Å². The zero-order valence-corrected chi connectivity index (χ0v) is 14.8. The molecule has 144 valence electrons. The molecule has 1 aromatic rings. The van der Waals surface area contributed by atoms with Crippen molar-refractivity contribution in [3.63, 3.8) is 0 Å². The summed E-state index contributed by atoms with van der Waals surface area (Å²) in [5.41, 5.74) is 0. The van der Waals surface area contributed by atoms with Crippen LogP contribution in [0.25, 0.3) is 0 Å². The molecule has 2 aliphatic rings. The quantitative estimate of drug-likeness (QED) is 0.684. The van der Waals surface area contributed by atoms with Gasteiger partial charge in [0.1, 0.15) is 18.3 Å². The summed E-state index contributed by atoms with van der Waals surface area (Å²) in [4.78, 5) is 26.1. The minimum absolute atomic E-state index is 0.0175. The fourth-order valence-electron chi connectivity index (χ4n) is 3.41. The van der Waals surface area contributed by atoms with Crippen LogP contribution in [0, 0.1) is 5.92 Å². The molecule has 3 rings (SSSR count). The van der Waals surface area contributed by atoms with E-state index in [2.05, 4.69) is 12.2 Å². The number of carbonyl (C=O) groups excluding carboxylic acids is 2. The van der Waals surface area contributed by atoms with Crippen molar-refractivity contribution in [2.45, 2.75) is 50.6 Å². The van der Waals surface area contributed by atoms with E-state index in [9.17, 15) is 19.8 Å². The molecule has 8 heteroatoms. The number of hydrogen-bond acceptors (Lipinski definition) is 6. The van der Waals surface area contributed by atoms with Crippen LogP contribution in [0.4, 0.5) is 0 Å². The molecule has 0 unspecified atom stereocenters. The number of hydrogen-bond donors (Lipinski definition) is 3. The molecule has 4 atom stereocenters. The van der Waals surface area contributed by atoms with Gasteiger partial charge in [-0.3, -0.25) is 9.59 Å². The van der Waals surface area contributed by atoms with Crippen molar-refractivity contribution in [3.8, 4) is 0 Å². The largest absolute Gasteiger partial charge is 0.459 e. The minimum Gasteiger partial charge on any atom is -0.459 e. The summed E-state index contributed by atoms with van der Waals surface area (Å²) < 4.78 is 10.6. The maximum Gasteiger partial charge on any atom is 0.287 e. The van der Waals surface area contributed by atoms with Gasteiger partial charge in [-0.05, 0) is 30.9 Å². The summed E-state index contributed by atoms with van der Waals surface area (Å²) in [5, 5.41) is 22.9. The molecule has 0 radical (unpaired) electrons. The van der Waals surface area contributed by atoms with Crippen molar-refractivity contribution in [2.75, 3.05) is 19.6 Å². The summed E-state index contributed by atoms with van der Waals surface area (Å²) in [6, 6.07) is 3.12. The molecular formula is C18H26N2O6. The number of carbonyl (C=O) groups is 2. The summed E-state index contributed by atoms with van der Waals surface area (Å²) in [7, 11) is 0. The zero-order valence-electron chi connectivity index (χ0n) is 14.8. The lowest BCUT2D eigenvalue weighted by Crippen LogP contribution is -2.41. The predicted octanol–water partition coefficient (Wildman–Crippen LogP) is 0.147. The van der Waals surface area contributed by atoms with Crippen molar-refractivity contribution >= 4 is 11.8 Å². The predicted molar refractivity (Wildman–Crippen MR) is 91.3 cm³/mol. The van der Waals surface area contributed by atoms with E-state index in [1.807, 2.05) is 0 Å². The molecule has 26 heavy (non-hydrogen) atoms. The zero-order chi connectivity index (χ0) is 18.7. The fourth-order valence-corrected chi connectivity index (χ4v) is 3.41. The molecule has 0 aromatic carbocycles. The highest BCUT2D eigenvalue weighted by Crippen LogP contribution is 2.25. The second-order valence-electron chi connectivity index (χ2n) is 7.15. The summed E-state index contributed by atoms with van der Waals surface area (Å²) in [5.74, 6) is 0.274. The number of likely N-dealkylation sites (tertiary alicyclic amines) is 1. The Labute approximate surface area is 152 Å².